The Morgan fingerprint density at radius 3 is 2.61 bits per heavy atom. The smallest absolute Gasteiger partial charge is 0.131 e. The summed E-state index contributed by atoms with van der Waals surface area (Å²) in [5.74, 6) is -0.350. The predicted octanol–water partition coefficient (Wildman–Crippen LogP) is 4.06. The fourth-order valence-corrected chi connectivity index (χ4v) is 2.12. The first-order valence-electron chi connectivity index (χ1n) is 5.76. The molecule has 2 rings (SSSR count). The molecule has 0 heterocycles. The van der Waals surface area contributed by atoms with Crippen LogP contribution in [0, 0.1) is 12.7 Å². The van der Waals surface area contributed by atoms with Crippen molar-refractivity contribution in [1.29, 1.82) is 0 Å². The Kier molecular flexibility index (Phi) is 4.00. The molecule has 0 aliphatic rings. The Bertz CT molecular complexity index is 554. The standard InChI is InChI=1S/C15H14ClFO/c1-10-5-4-7-12(15(10)17)14(18)9-11-6-2-3-8-13(11)16/h2-8,14,18H,9H2,1H3. The third kappa shape index (κ3) is 2.71. The minimum Gasteiger partial charge on any atom is -0.388 e. The fraction of sp³-hybridized carbons (Fsp3) is 0.200. The van der Waals surface area contributed by atoms with E-state index in [4.69, 9.17) is 11.6 Å². The van der Waals surface area contributed by atoms with Gasteiger partial charge in [0.1, 0.15) is 5.82 Å². The van der Waals surface area contributed by atoms with Gasteiger partial charge in [-0.2, -0.15) is 0 Å². The molecule has 2 aromatic rings. The first-order chi connectivity index (χ1) is 8.59. The van der Waals surface area contributed by atoms with Crippen LogP contribution in [0.25, 0.3) is 0 Å². The summed E-state index contributed by atoms with van der Waals surface area (Å²) in [6.45, 7) is 1.68. The Morgan fingerprint density at radius 2 is 1.89 bits per heavy atom. The Labute approximate surface area is 111 Å². The van der Waals surface area contributed by atoms with E-state index in [1.54, 1.807) is 31.2 Å². The van der Waals surface area contributed by atoms with Crippen molar-refractivity contribution in [3.8, 4) is 0 Å². The van der Waals surface area contributed by atoms with E-state index in [0.717, 1.165) is 5.56 Å². The van der Waals surface area contributed by atoms with Crippen molar-refractivity contribution in [2.45, 2.75) is 19.4 Å². The molecule has 2 aromatic carbocycles. The molecule has 0 saturated carbocycles. The highest BCUT2D eigenvalue weighted by molar-refractivity contribution is 6.31. The van der Waals surface area contributed by atoms with Crippen molar-refractivity contribution in [2.24, 2.45) is 0 Å². The number of rotatable bonds is 3. The van der Waals surface area contributed by atoms with E-state index >= 15 is 0 Å². The zero-order chi connectivity index (χ0) is 13.1. The molecule has 0 spiro atoms. The van der Waals surface area contributed by atoms with Crippen LogP contribution in [0.4, 0.5) is 4.39 Å². The van der Waals surface area contributed by atoms with Gasteiger partial charge < -0.3 is 5.11 Å². The molecule has 0 aromatic heterocycles. The maximum atomic E-state index is 13.9. The second-order valence-corrected chi connectivity index (χ2v) is 4.70. The molecule has 0 radical (unpaired) electrons. The normalized spacial score (nSPS) is 12.4. The summed E-state index contributed by atoms with van der Waals surface area (Å²) in [5, 5.41) is 10.7. The lowest BCUT2D eigenvalue weighted by Gasteiger charge is -2.14. The van der Waals surface area contributed by atoms with Gasteiger partial charge in [0.05, 0.1) is 6.10 Å². The van der Waals surface area contributed by atoms with E-state index in [2.05, 4.69) is 0 Å². The third-order valence-corrected chi connectivity index (χ3v) is 3.32. The van der Waals surface area contributed by atoms with E-state index in [0.29, 0.717) is 22.6 Å². The average Bonchev–Trinajstić information content (AvgIpc) is 2.35. The topological polar surface area (TPSA) is 20.2 Å². The molecule has 3 heteroatoms. The number of aryl methyl sites for hydroxylation is 1. The molecule has 0 aliphatic carbocycles. The molecule has 0 bridgehead atoms. The van der Waals surface area contributed by atoms with Crippen LogP contribution in [0.15, 0.2) is 42.5 Å². The second kappa shape index (κ2) is 5.51. The minimum absolute atomic E-state index is 0.306. The third-order valence-electron chi connectivity index (χ3n) is 2.95. The second-order valence-electron chi connectivity index (χ2n) is 4.29. The van der Waals surface area contributed by atoms with Crippen LogP contribution < -0.4 is 0 Å². The zero-order valence-corrected chi connectivity index (χ0v) is 10.8. The molecular formula is C15H14ClFO. The summed E-state index contributed by atoms with van der Waals surface area (Å²) in [5.41, 5.74) is 1.66. The number of hydrogen-bond donors (Lipinski definition) is 1. The Hall–Kier alpha value is -1.38. The van der Waals surface area contributed by atoms with Crippen LogP contribution in [-0.4, -0.2) is 5.11 Å². The molecule has 18 heavy (non-hydrogen) atoms. The van der Waals surface area contributed by atoms with Gasteiger partial charge in [-0.3, -0.25) is 0 Å². The highest BCUT2D eigenvalue weighted by Gasteiger charge is 2.15. The lowest BCUT2D eigenvalue weighted by atomic mass is 9.99. The van der Waals surface area contributed by atoms with E-state index in [1.807, 2.05) is 18.2 Å². The molecule has 0 saturated heterocycles. The van der Waals surface area contributed by atoms with Crippen LogP contribution in [0.1, 0.15) is 22.8 Å². The summed E-state index contributed by atoms with van der Waals surface area (Å²) in [4.78, 5) is 0. The zero-order valence-electron chi connectivity index (χ0n) is 10.0. The number of hydrogen-bond acceptors (Lipinski definition) is 1. The molecule has 1 unspecified atom stereocenters. The predicted molar refractivity (Wildman–Crippen MR) is 71.3 cm³/mol. The van der Waals surface area contributed by atoms with Crippen molar-refractivity contribution >= 4 is 11.6 Å². The quantitative estimate of drug-likeness (QED) is 0.886. The van der Waals surface area contributed by atoms with E-state index in [1.165, 1.54) is 0 Å². The monoisotopic (exact) mass is 264 g/mol. The molecule has 0 aliphatic heterocycles. The van der Waals surface area contributed by atoms with Gasteiger partial charge in [-0.05, 0) is 24.1 Å². The van der Waals surface area contributed by atoms with Gasteiger partial charge in [0.2, 0.25) is 0 Å². The van der Waals surface area contributed by atoms with Crippen molar-refractivity contribution in [3.63, 3.8) is 0 Å². The molecule has 1 N–H and O–H groups in total. The largest absolute Gasteiger partial charge is 0.388 e. The van der Waals surface area contributed by atoms with Gasteiger partial charge in [-0.15, -0.1) is 0 Å². The molecule has 0 amide bonds. The number of benzene rings is 2. The molecule has 0 fully saturated rings. The Balaban J connectivity index is 2.25. The molecule has 1 atom stereocenters. The summed E-state index contributed by atoms with van der Waals surface area (Å²) in [6.07, 6.45) is -0.579. The van der Waals surface area contributed by atoms with Gasteiger partial charge >= 0.3 is 0 Å². The minimum atomic E-state index is -0.884. The van der Waals surface area contributed by atoms with Crippen molar-refractivity contribution in [1.82, 2.24) is 0 Å². The number of aliphatic hydroxyl groups excluding tert-OH is 1. The van der Waals surface area contributed by atoms with E-state index in [9.17, 15) is 9.50 Å². The van der Waals surface area contributed by atoms with Gasteiger partial charge in [0, 0.05) is 17.0 Å². The molecule has 1 nitrogen and oxygen atoms in total. The van der Waals surface area contributed by atoms with Crippen LogP contribution in [-0.2, 0) is 6.42 Å². The summed E-state index contributed by atoms with van der Waals surface area (Å²) >= 11 is 6.02. The van der Waals surface area contributed by atoms with Crippen molar-refractivity contribution in [2.75, 3.05) is 0 Å². The van der Waals surface area contributed by atoms with Crippen LogP contribution in [0.5, 0.6) is 0 Å². The van der Waals surface area contributed by atoms with E-state index < -0.39 is 6.10 Å². The number of halogens is 2. The maximum absolute atomic E-state index is 13.9. The summed E-state index contributed by atoms with van der Waals surface area (Å²) in [7, 11) is 0. The highest BCUT2D eigenvalue weighted by atomic mass is 35.5. The molecule has 94 valence electrons. The Morgan fingerprint density at radius 1 is 1.17 bits per heavy atom. The van der Waals surface area contributed by atoms with Crippen molar-refractivity contribution in [3.05, 3.63) is 70.0 Å². The maximum Gasteiger partial charge on any atom is 0.131 e. The van der Waals surface area contributed by atoms with Gasteiger partial charge in [0.25, 0.3) is 0 Å². The molecular weight excluding hydrogens is 251 g/mol. The van der Waals surface area contributed by atoms with Crippen LogP contribution >= 0.6 is 11.6 Å². The highest BCUT2D eigenvalue weighted by Crippen LogP contribution is 2.25. The van der Waals surface area contributed by atoms with Gasteiger partial charge in [-0.1, -0.05) is 48.0 Å². The lowest BCUT2D eigenvalue weighted by Crippen LogP contribution is -2.05. The SMILES string of the molecule is Cc1cccc(C(O)Cc2ccccc2Cl)c1F. The van der Waals surface area contributed by atoms with Gasteiger partial charge in [-0.25, -0.2) is 4.39 Å². The van der Waals surface area contributed by atoms with Crippen molar-refractivity contribution < 1.29 is 9.50 Å². The fourth-order valence-electron chi connectivity index (χ4n) is 1.91. The van der Waals surface area contributed by atoms with E-state index in [-0.39, 0.29) is 5.82 Å². The van der Waals surface area contributed by atoms with Crippen LogP contribution in [0.2, 0.25) is 5.02 Å². The first-order valence-corrected chi connectivity index (χ1v) is 6.14. The summed E-state index contributed by atoms with van der Waals surface area (Å²) in [6, 6.07) is 12.3. The van der Waals surface area contributed by atoms with Gasteiger partial charge in [0.15, 0.2) is 0 Å². The lowest BCUT2D eigenvalue weighted by molar-refractivity contribution is 0.173. The first kappa shape index (κ1) is 13.1. The van der Waals surface area contributed by atoms with Crippen LogP contribution in [0.3, 0.4) is 0 Å². The average molecular weight is 265 g/mol. The number of aliphatic hydroxyl groups is 1. The summed E-state index contributed by atoms with van der Waals surface area (Å²) < 4.78 is 13.9.